The Balaban J connectivity index is 1.75. The molecule has 0 N–H and O–H groups in total. The minimum Gasteiger partial charge on any atom is -0.371 e. The molecular weight excluding hydrogens is 326 g/mol. The number of benzene rings is 1. The Kier molecular flexibility index (Phi) is 4.80. The molecule has 0 atom stereocenters. The summed E-state index contributed by atoms with van der Waals surface area (Å²) in [5.74, 6) is -0.199. The van der Waals surface area contributed by atoms with E-state index in [2.05, 4.69) is 11.0 Å². The van der Waals surface area contributed by atoms with Gasteiger partial charge in [0, 0.05) is 43.8 Å². The number of carbonyl (C=O) groups is 1. The summed E-state index contributed by atoms with van der Waals surface area (Å²) in [6.07, 6.45) is 2.39. The number of nitro groups is 1. The van der Waals surface area contributed by atoms with Crippen LogP contribution >= 0.6 is 11.3 Å². The SMILES string of the molecule is CN(Cc1ccccc1N1CCCC1)C(=O)c1csc([N+](=O)[O-])c1. The first-order chi connectivity index (χ1) is 11.6. The summed E-state index contributed by atoms with van der Waals surface area (Å²) in [6.45, 7) is 2.58. The van der Waals surface area contributed by atoms with Crippen LogP contribution in [0.1, 0.15) is 28.8 Å². The van der Waals surface area contributed by atoms with Crippen molar-refractivity contribution in [1.29, 1.82) is 0 Å². The fourth-order valence-corrected chi connectivity index (χ4v) is 3.69. The summed E-state index contributed by atoms with van der Waals surface area (Å²) in [6, 6.07) is 9.46. The number of thiophene rings is 1. The summed E-state index contributed by atoms with van der Waals surface area (Å²) >= 11 is 0.978. The largest absolute Gasteiger partial charge is 0.371 e. The third kappa shape index (κ3) is 3.41. The second-order valence-electron chi connectivity index (χ2n) is 5.91. The molecule has 24 heavy (non-hydrogen) atoms. The van der Waals surface area contributed by atoms with E-state index in [1.54, 1.807) is 17.3 Å². The standard InChI is InChI=1S/C17H19N3O3S/c1-18(17(21)14-10-16(20(22)23)24-12-14)11-13-6-2-3-7-15(13)19-8-4-5-9-19/h2-3,6-7,10,12H,4-5,8-9,11H2,1H3. The summed E-state index contributed by atoms with van der Waals surface area (Å²) in [5, 5.41) is 12.3. The van der Waals surface area contributed by atoms with Crippen LogP contribution in [-0.2, 0) is 6.54 Å². The van der Waals surface area contributed by atoms with Crippen molar-refractivity contribution >= 4 is 27.9 Å². The first-order valence-electron chi connectivity index (χ1n) is 7.87. The molecule has 0 bridgehead atoms. The number of rotatable bonds is 5. The van der Waals surface area contributed by atoms with Crippen molar-refractivity contribution in [3.63, 3.8) is 0 Å². The Hall–Kier alpha value is -2.41. The molecule has 1 aliphatic heterocycles. The molecule has 7 heteroatoms. The van der Waals surface area contributed by atoms with Crippen molar-refractivity contribution in [3.05, 3.63) is 57.0 Å². The highest BCUT2D eigenvalue weighted by Gasteiger charge is 2.20. The van der Waals surface area contributed by atoms with Crippen LogP contribution in [-0.4, -0.2) is 35.9 Å². The highest BCUT2D eigenvalue weighted by atomic mass is 32.1. The van der Waals surface area contributed by atoms with Gasteiger partial charge in [-0.25, -0.2) is 0 Å². The van der Waals surface area contributed by atoms with Gasteiger partial charge in [0.05, 0.1) is 10.5 Å². The minimum atomic E-state index is -0.468. The van der Waals surface area contributed by atoms with E-state index in [0.717, 1.165) is 30.0 Å². The Morgan fingerprint density at radius 1 is 1.33 bits per heavy atom. The maximum absolute atomic E-state index is 12.5. The Morgan fingerprint density at radius 2 is 2.04 bits per heavy atom. The number of hydrogen-bond acceptors (Lipinski definition) is 5. The van der Waals surface area contributed by atoms with Gasteiger partial charge in [-0.3, -0.25) is 14.9 Å². The van der Waals surface area contributed by atoms with Gasteiger partial charge < -0.3 is 9.80 Å². The van der Waals surface area contributed by atoms with Crippen molar-refractivity contribution < 1.29 is 9.72 Å². The predicted molar refractivity (Wildman–Crippen MR) is 94.7 cm³/mol. The second kappa shape index (κ2) is 7.00. The van der Waals surface area contributed by atoms with E-state index in [1.807, 2.05) is 18.2 Å². The fourth-order valence-electron chi connectivity index (χ4n) is 2.99. The van der Waals surface area contributed by atoms with E-state index < -0.39 is 4.92 Å². The maximum Gasteiger partial charge on any atom is 0.324 e. The molecule has 2 aromatic rings. The number of carbonyl (C=O) groups excluding carboxylic acids is 1. The molecule has 1 saturated heterocycles. The van der Waals surface area contributed by atoms with Gasteiger partial charge in [-0.05, 0) is 24.5 Å². The van der Waals surface area contributed by atoms with E-state index in [9.17, 15) is 14.9 Å². The molecule has 1 amide bonds. The number of nitrogens with zero attached hydrogens (tertiary/aromatic N) is 3. The van der Waals surface area contributed by atoms with Crippen molar-refractivity contribution in [2.45, 2.75) is 19.4 Å². The minimum absolute atomic E-state index is 0.00998. The quantitative estimate of drug-likeness (QED) is 0.614. The Labute approximate surface area is 144 Å². The van der Waals surface area contributed by atoms with Crippen molar-refractivity contribution in [1.82, 2.24) is 4.90 Å². The van der Waals surface area contributed by atoms with Gasteiger partial charge in [-0.15, -0.1) is 0 Å². The van der Waals surface area contributed by atoms with E-state index in [0.29, 0.717) is 12.1 Å². The fraction of sp³-hybridized carbons (Fsp3) is 0.353. The van der Waals surface area contributed by atoms with Crippen LogP contribution in [0.2, 0.25) is 0 Å². The van der Waals surface area contributed by atoms with E-state index in [1.165, 1.54) is 24.6 Å². The highest BCUT2D eigenvalue weighted by molar-refractivity contribution is 7.13. The molecule has 1 aromatic heterocycles. The zero-order chi connectivity index (χ0) is 17.1. The van der Waals surface area contributed by atoms with Gasteiger partial charge in [0.25, 0.3) is 5.91 Å². The molecule has 1 fully saturated rings. The molecule has 0 aliphatic carbocycles. The Morgan fingerprint density at radius 3 is 2.71 bits per heavy atom. The van der Waals surface area contributed by atoms with E-state index in [-0.39, 0.29) is 10.9 Å². The number of amides is 1. The van der Waals surface area contributed by atoms with Crippen LogP contribution in [0.15, 0.2) is 35.7 Å². The number of para-hydroxylation sites is 1. The second-order valence-corrected chi connectivity index (χ2v) is 6.80. The molecule has 0 spiro atoms. The maximum atomic E-state index is 12.5. The number of hydrogen-bond donors (Lipinski definition) is 0. The average molecular weight is 345 g/mol. The summed E-state index contributed by atoms with van der Waals surface area (Å²) in [7, 11) is 1.73. The Bertz CT molecular complexity index is 753. The van der Waals surface area contributed by atoms with E-state index >= 15 is 0 Å². The molecule has 0 radical (unpaired) electrons. The zero-order valence-corrected chi connectivity index (χ0v) is 14.3. The first-order valence-corrected chi connectivity index (χ1v) is 8.75. The lowest BCUT2D eigenvalue weighted by Crippen LogP contribution is -2.27. The van der Waals surface area contributed by atoms with Gasteiger partial charge in [0.15, 0.2) is 0 Å². The normalized spacial score (nSPS) is 14.0. The summed E-state index contributed by atoms with van der Waals surface area (Å²) in [4.78, 5) is 26.8. The lowest BCUT2D eigenvalue weighted by molar-refractivity contribution is -0.380. The third-order valence-electron chi connectivity index (χ3n) is 4.21. The van der Waals surface area contributed by atoms with Crippen LogP contribution in [0.3, 0.4) is 0 Å². The molecule has 2 heterocycles. The highest BCUT2D eigenvalue weighted by Crippen LogP contribution is 2.27. The van der Waals surface area contributed by atoms with Gasteiger partial charge >= 0.3 is 5.00 Å². The van der Waals surface area contributed by atoms with Crippen LogP contribution in [0, 0.1) is 10.1 Å². The van der Waals surface area contributed by atoms with Crippen molar-refractivity contribution in [2.24, 2.45) is 0 Å². The lowest BCUT2D eigenvalue weighted by atomic mass is 10.1. The molecule has 126 valence electrons. The third-order valence-corrected chi connectivity index (χ3v) is 5.09. The van der Waals surface area contributed by atoms with Gasteiger partial charge in [-0.2, -0.15) is 0 Å². The van der Waals surface area contributed by atoms with Gasteiger partial charge in [-0.1, -0.05) is 29.5 Å². The summed E-state index contributed by atoms with van der Waals surface area (Å²) in [5.41, 5.74) is 2.64. The van der Waals surface area contributed by atoms with Crippen LogP contribution < -0.4 is 4.90 Å². The molecule has 0 unspecified atom stereocenters. The van der Waals surface area contributed by atoms with Crippen molar-refractivity contribution in [3.8, 4) is 0 Å². The molecule has 0 saturated carbocycles. The van der Waals surface area contributed by atoms with E-state index in [4.69, 9.17) is 0 Å². The van der Waals surface area contributed by atoms with Crippen molar-refractivity contribution in [2.75, 3.05) is 25.0 Å². The first kappa shape index (κ1) is 16.4. The molecular formula is C17H19N3O3S. The van der Waals surface area contributed by atoms with Crippen LogP contribution in [0.25, 0.3) is 0 Å². The van der Waals surface area contributed by atoms with Gasteiger partial charge in [0.2, 0.25) is 0 Å². The lowest BCUT2D eigenvalue weighted by Gasteiger charge is -2.24. The molecule has 6 nitrogen and oxygen atoms in total. The summed E-state index contributed by atoms with van der Waals surface area (Å²) < 4.78 is 0. The van der Waals surface area contributed by atoms with Gasteiger partial charge in [0.1, 0.15) is 0 Å². The average Bonchev–Trinajstić information content (AvgIpc) is 3.26. The number of anilines is 1. The predicted octanol–water partition coefficient (Wildman–Crippen LogP) is 3.53. The smallest absolute Gasteiger partial charge is 0.324 e. The topological polar surface area (TPSA) is 66.7 Å². The van der Waals surface area contributed by atoms with Crippen LogP contribution in [0.5, 0.6) is 0 Å². The molecule has 1 aromatic carbocycles. The molecule has 1 aliphatic rings. The van der Waals surface area contributed by atoms with Crippen LogP contribution in [0.4, 0.5) is 10.7 Å². The zero-order valence-electron chi connectivity index (χ0n) is 13.5. The monoisotopic (exact) mass is 345 g/mol. The molecule has 3 rings (SSSR count).